The molecule has 2 N–H and O–H groups in total. The van der Waals surface area contributed by atoms with Crippen LogP contribution in [0.2, 0.25) is 0 Å². The first-order chi connectivity index (χ1) is 21.2. The number of amides is 2. The molecular weight excluding hydrogens is 594 g/mol. The summed E-state index contributed by atoms with van der Waals surface area (Å²) in [5.74, 6) is -0.862. The molecule has 11 heteroatoms. The highest BCUT2D eigenvalue weighted by atomic mass is 32.1. The molecule has 0 bridgehead atoms. The molecule has 2 amide bonds. The fraction of sp³-hybridized carbons (Fsp3) is 0.382. The molecule has 2 aromatic carbocycles. The number of ketones is 1. The number of ether oxygens (including phenoxy) is 3. The molecule has 0 saturated heterocycles. The highest BCUT2D eigenvalue weighted by Gasteiger charge is 2.28. The number of aromatic nitrogens is 1. The number of anilines is 1. The number of methoxy groups -OCH3 is 1. The Balaban J connectivity index is 1.52. The van der Waals surface area contributed by atoms with Crippen LogP contribution in [0.5, 0.6) is 0 Å². The molecular formula is C34H39N3O7S. The van der Waals surface area contributed by atoms with E-state index in [4.69, 9.17) is 14.2 Å². The Hall–Kier alpha value is -4.35. The molecule has 0 aliphatic rings. The van der Waals surface area contributed by atoms with E-state index in [1.54, 1.807) is 52.1 Å². The lowest BCUT2D eigenvalue weighted by molar-refractivity contribution is -0.148. The Labute approximate surface area is 266 Å². The predicted molar refractivity (Wildman–Crippen MR) is 175 cm³/mol. The second kappa shape index (κ2) is 13.7. The summed E-state index contributed by atoms with van der Waals surface area (Å²) < 4.78 is 17.0. The van der Waals surface area contributed by atoms with Gasteiger partial charge in [-0.2, -0.15) is 0 Å². The van der Waals surface area contributed by atoms with E-state index in [0.29, 0.717) is 33.9 Å². The summed E-state index contributed by atoms with van der Waals surface area (Å²) in [7, 11) is 1.60. The number of pyridine rings is 1. The van der Waals surface area contributed by atoms with Crippen molar-refractivity contribution in [2.75, 3.05) is 12.4 Å². The SMILES string of the molecule is COCc1ccc(C(C)=O)c2sc(C(=O)Nc3ccc4c(COC(=O)[C@@H](NC(=O)OC(C)(C)C)C(C)C)cccc4n3)c(C)c12. The number of esters is 1. The van der Waals surface area contributed by atoms with Crippen molar-refractivity contribution in [3.63, 3.8) is 0 Å². The van der Waals surface area contributed by atoms with E-state index in [9.17, 15) is 19.2 Å². The minimum Gasteiger partial charge on any atom is -0.459 e. The summed E-state index contributed by atoms with van der Waals surface area (Å²) >= 11 is 1.27. The molecule has 0 radical (unpaired) electrons. The number of hydrogen-bond donors (Lipinski definition) is 2. The van der Waals surface area contributed by atoms with Crippen molar-refractivity contribution in [3.05, 3.63) is 69.6 Å². The van der Waals surface area contributed by atoms with Crippen molar-refractivity contribution in [1.29, 1.82) is 0 Å². The molecule has 4 aromatic rings. The number of fused-ring (bicyclic) bond motifs is 2. The van der Waals surface area contributed by atoms with Gasteiger partial charge in [0.05, 0.1) is 17.0 Å². The van der Waals surface area contributed by atoms with Gasteiger partial charge in [-0.15, -0.1) is 11.3 Å². The van der Waals surface area contributed by atoms with Gasteiger partial charge in [-0.25, -0.2) is 14.6 Å². The van der Waals surface area contributed by atoms with Gasteiger partial charge < -0.3 is 24.8 Å². The number of thiophene rings is 1. The van der Waals surface area contributed by atoms with Gasteiger partial charge in [0.15, 0.2) is 5.78 Å². The van der Waals surface area contributed by atoms with Crippen LogP contribution in [0.25, 0.3) is 21.0 Å². The van der Waals surface area contributed by atoms with Gasteiger partial charge in [-0.1, -0.05) is 32.0 Å². The summed E-state index contributed by atoms with van der Waals surface area (Å²) in [6, 6.07) is 11.7. The minimum atomic E-state index is -0.885. The van der Waals surface area contributed by atoms with Gasteiger partial charge in [-0.3, -0.25) is 9.59 Å². The first-order valence-electron chi connectivity index (χ1n) is 14.6. The lowest BCUT2D eigenvalue weighted by atomic mass is 10.0. The Kier molecular flexibility index (Phi) is 10.2. The van der Waals surface area contributed by atoms with Gasteiger partial charge in [0.2, 0.25) is 0 Å². The van der Waals surface area contributed by atoms with Gasteiger partial charge in [0, 0.05) is 28.1 Å². The van der Waals surface area contributed by atoms with Crippen LogP contribution in [-0.2, 0) is 32.2 Å². The third-order valence-electron chi connectivity index (χ3n) is 7.08. The smallest absolute Gasteiger partial charge is 0.408 e. The van der Waals surface area contributed by atoms with E-state index in [0.717, 1.165) is 26.6 Å². The number of aryl methyl sites for hydroxylation is 1. The predicted octanol–water partition coefficient (Wildman–Crippen LogP) is 6.95. The van der Waals surface area contributed by atoms with Crippen molar-refractivity contribution in [2.24, 2.45) is 5.92 Å². The molecule has 45 heavy (non-hydrogen) atoms. The number of alkyl carbamates (subject to hydrolysis) is 1. The Bertz CT molecular complexity index is 1770. The van der Waals surface area contributed by atoms with E-state index in [1.807, 2.05) is 39.0 Å². The molecule has 0 aliphatic carbocycles. The highest BCUT2D eigenvalue weighted by molar-refractivity contribution is 7.21. The number of nitrogens with zero attached hydrogens (tertiary/aromatic N) is 1. The Morgan fingerprint density at radius 2 is 1.71 bits per heavy atom. The van der Waals surface area contributed by atoms with Gasteiger partial charge in [0.1, 0.15) is 24.1 Å². The average molecular weight is 634 g/mol. The molecule has 10 nitrogen and oxygen atoms in total. The maximum absolute atomic E-state index is 13.5. The Morgan fingerprint density at radius 1 is 0.978 bits per heavy atom. The summed E-state index contributed by atoms with van der Waals surface area (Å²) in [5.41, 5.74) is 2.86. The summed E-state index contributed by atoms with van der Waals surface area (Å²) in [6.45, 7) is 12.6. The van der Waals surface area contributed by atoms with Gasteiger partial charge in [-0.05, 0) is 81.5 Å². The topological polar surface area (TPSA) is 133 Å². The van der Waals surface area contributed by atoms with E-state index in [-0.39, 0.29) is 24.2 Å². The number of hydrogen-bond acceptors (Lipinski definition) is 9. The number of rotatable bonds is 10. The summed E-state index contributed by atoms with van der Waals surface area (Å²) in [6.07, 6.45) is -0.692. The van der Waals surface area contributed by atoms with Crippen molar-refractivity contribution in [1.82, 2.24) is 10.3 Å². The standard InChI is InChI=1S/C34H39N3O7S/c1-18(2)28(37-33(41)44-34(5,6)7)32(40)43-17-21-10-9-11-25-24(21)14-15-26(35-25)36-31(39)29-19(3)27-22(16-42-8)12-13-23(20(4)38)30(27)45-29/h9-15,18,28H,16-17H2,1-8H3,(H,37,41)(H,35,36,39)/t28-/m0/s1. The number of benzene rings is 2. The van der Waals surface area contributed by atoms with Crippen molar-refractivity contribution in [3.8, 4) is 0 Å². The molecule has 0 saturated carbocycles. The van der Waals surface area contributed by atoms with E-state index >= 15 is 0 Å². The second-order valence-electron chi connectivity index (χ2n) is 12.1. The zero-order valence-electron chi connectivity index (χ0n) is 26.8. The van der Waals surface area contributed by atoms with E-state index in [1.165, 1.54) is 18.3 Å². The molecule has 0 fully saturated rings. The quantitative estimate of drug-likeness (QED) is 0.142. The maximum Gasteiger partial charge on any atom is 0.408 e. The van der Waals surface area contributed by atoms with Crippen LogP contribution >= 0.6 is 11.3 Å². The first-order valence-corrected chi connectivity index (χ1v) is 15.4. The zero-order valence-corrected chi connectivity index (χ0v) is 27.6. The molecule has 0 unspecified atom stereocenters. The van der Waals surface area contributed by atoms with Crippen LogP contribution < -0.4 is 10.6 Å². The maximum atomic E-state index is 13.5. The van der Waals surface area contributed by atoms with Gasteiger partial charge in [0.25, 0.3) is 5.91 Å². The molecule has 2 heterocycles. The second-order valence-corrected chi connectivity index (χ2v) is 13.2. The normalized spacial score (nSPS) is 12.3. The lowest BCUT2D eigenvalue weighted by Crippen LogP contribution is -2.47. The molecule has 238 valence electrons. The summed E-state index contributed by atoms with van der Waals surface area (Å²) in [4.78, 5) is 56.1. The van der Waals surface area contributed by atoms with Crippen LogP contribution in [-0.4, -0.2) is 47.5 Å². The van der Waals surface area contributed by atoms with E-state index in [2.05, 4.69) is 15.6 Å². The first kappa shape index (κ1) is 33.5. The Morgan fingerprint density at radius 3 is 2.36 bits per heavy atom. The third-order valence-corrected chi connectivity index (χ3v) is 8.40. The number of carbonyl (C=O) groups excluding carboxylic acids is 4. The fourth-order valence-corrected chi connectivity index (χ4v) is 6.27. The molecule has 1 atom stereocenters. The molecule has 4 rings (SSSR count). The van der Waals surface area contributed by atoms with Crippen molar-refractivity contribution < 1.29 is 33.4 Å². The molecule has 0 spiro atoms. The average Bonchev–Trinajstić information content (AvgIpc) is 3.31. The minimum absolute atomic E-state index is 0.0357. The van der Waals surface area contributed by atoms with Crippen molar-refractivity contribution in [2.45, 2.75) is 73.3 Å². The molecule has 0 aliphatic heterocycles. The van der Waals surface area contributed by atoms with Crippen LogP contribution in [0.15, 0.2) is 42.5 Å². The highest BCUT2D eigenvalue weighted by Crippen LogP contribution is 2.37. The van der Waals surface area contributed by atoms with Gasteiger partial charge >= 0.3 is 12.1 Å². The zero-order chi connectivity index (χ0) is 33.1. The number of Topliss-reactive ketones (excluding diaryl/α,β-unsaturated/α-hetero) is 1. The third kappa shape index (κ3) is 7.84. The largest absolute Gasteiger partial charge is 0.459 e. The van der Waals surface area contributed by atoms with E-state index < -0.39 is 23.7 Å². The van der Waals surface area contributed by atoms with Crippen molar-refractivity contribution >= 4 is 61.9 Å². The number of nitrogens with one attached hydrogen (secondary N) is 2. The lowest BCUT2D eigenvalue weighted by Gasteiger charge is -2.24. The monoisotopic (exact) mass is 633 g/mol. The number of carbonyl (C=O) groups is 4. The molecule has 2 aromatic heterocycles. The van der Waals surface area contributed by atoms with Crippen LogP contribution in [0, 0.1) is 12.8 Å². The fourth-order valence-electron chi connectivity index (χ4n) is 4.96. The van der Waals surface area contributed by atoms with Crippen LogP contribution in [0.1, 0.15) is 78.3 Å². The van der Waals surface area contributed by atoms with Crippen LogP contribution in [0.3, 0.4) is 0 Å². The summed E-state index contributed by atoms with van der Waals surface area (Å²) in [5, 5.41) is 7.10. The van der Waals surface area contributed by atoms with Crippen LogP contribution in [0.4, 0.5) is 10.6 Å².